The van der Waals surface area contributed by atoms with E-state index in [1.165, 1.54) is 0 Å². The smallest absolute Gasteiger partial charge is 0.191 e. The fraction of sp³-hybridized carbons (Fsp3) is 0.900. The number of nitrogens with zero attached hydrogens (tertiary/aromatic N) is 2. The van der Waals surface area contributed by atoms with E-state index in [1.807, 2.05) is 13.8 Å². The average molecular weight is 199 g/mol. The molecule has 0 aromatic carbocycles. The molecule has 0 amide bonds. The molecule has 14 heavy (non-hydrogen) atoms. The standard InChI is InChI=1S/C10H21N3O/c1-4-9-7-13(5-6-14-9)10(11)12-8(2)3/h8-9H,4-7H2,1-3H3,(H2,11,12). The van der Waals surface area contributed by atoms with Crippen molar-refractivity contribution in [3.8, 4) is 0 Å². The van der Waals surface area contributed by atoms with E-state index in [4.69, 9.17) is 10.5 Å². The molecule has 0 aromatic rings. The Bertz CT molecular complexity index is 204. The molecule has 1 heterocycles. The van der Waals surface area contributed by atoms with Crippen molar-refractivity contribution < 1.29 is 4.74 Å². The molecule has 0 bridgehead atoms. The minimum absolute atomic E-state index is 0.262. The van der Waals surface area contributed by atoms with Gasteiger partial charge in [0.15, 0.2) is 5.96 Å². The summed E-state index contributed by atoms with van der Waals surface area (Å²) in [5, 5.41) is 0. The fourth-order valence-electron chi connectivity index (χ4n) is 1.52. The molecular weight excluding hydrogens is 178 g/mol. The van der Waals surface area contributed by atoms with Gasteiger partial charge in [-0.2, -0.15) is 0 Å². The predicted octanol–water partition coefficient (Wildman–Crippen LogP) is 0.820. The molecule has 0 radical (unpaired) electrons. The highest BCUT2D eigenvalue weighted by Crippen LogP contribution is 2.07. The second kappa shape index (κ2) is 5.20. The van der Waals surface area contributed by atoms with Crippen LogP contribution in [0, 0.1) is 0 Å². The Labute approximate surface area is 86.1 Å². The molecule has 1 atom stereocenters. The molecule has 1 saturated heterocycles. The summed E-state index contributed by atoms with van der Waals surface area (Å²) in [6.07, 6.45) is 1.34. The molecule has 0 aliphatic carbocycles. The van der Waals surface area contributed by atoms with Crippen molar-refractivity contribution in [1.82, 2.24) is 4.90 Å². The zero-order valence-corrected chi connectivity index (χ0v) is 9.36. The summed E-state index contributed by atoms with van der Waals surface area (Å²) < 4.78 is 5.56. The van der Waals surface area contributed by atoms with Gasteiger partial charge in [-0.05, 0) is 20.3 Å². The Balaban J connectivity index is 2.51. The van der Waals surface area contributed by atoms with E-state index in [0.717, 1.165) is 26.1 Å². The van der Waals surface area contributed by atoms with Crippen LogP contribution < -0.4 is 5.73 Å². The van der Waals surface area contributed by atoms with Crippen LogP contribution in [0.4, 0.5) is 0 Å². The highest BCUT2D eigenvalue weighted by molar-refractivity contribution is 5.78. The van der Waals surface area contributed by atoms with Crippen LogP contribution in [0.3, 0.4) is 0 Å². The van der Waals surface area contributed by atoms with Gasteiger partial charge in [0, 0.05) is 19.1 Å². The van der Waals surface area contributed by atoms with Crippen LogP contribution in [0.2, 0.25) is 0 Å². The topological polar surface area (TPSA) is 50.8 Å². The Hall–Kier alpha value is -0.770. The molecule has 2 N–H and O–H groups in total. The first-order valence-electron chi connectivity index (χ1n) is 5.33. The van der Waals surface area contributed by atoms with Gasteiger partial charge in [-0.15, -0.1) is 0 Å². The lowest BCUT2D eigenvalue weighted by molar-refractivity contribution is -0.00749. The van der Waals surface area contributed by atoms with Gasteiger partial charge >= 0.3 is 0 Å². The predicted molar refractivity (Wildman–Crippen MR) is 58.4 cm³/mol. The molecule has 1 aliphatic rings. The molecule has 1 rings (SSSR count). The van der Waals surface area contributed by atoms with Crippen molar-refractivity contribution in [2.45, 2.75) is 39.3 Å². The molecule has 1 unspecified atom stereocenters. The summed E-state index contributed by atoms with van der Waals surface area (Å²) in [5.41, 5.74) is 5.89. The van der Waals surface area contributed by atoms with E-state index in [0.29, 0.717) is 12.1 Å². The zero-order valence-electron chi connectivity index (χ0n) is 9.36. The van der Waals surface area contributed by atoms with Crippen LogP contribution in [-0.4, -0.2) is 42.7 Å². The second-order valence-electron chi connectivity index (χ2n) is 3.93. The first-order chi connectivity index (χ1) is 6.63. The Kier molecular flexibility index (Phi) is 4.20. The molecule has 1 aliphatic heterocycles. The lowest BCUT2D eigenvalue weighted by atomic mass is 10.2. The van der Waals surface area contributed by atoms with Crippen LogP contribution >= 0.6 is 0 Å². The zero-order chi connectivity index (χ0) is 10.6. The molecule has 0 spiro atoms. The molecule has 0 aromatic heterocycles. The number of guanidine groups is 1. The highest BCUT2D eigenvalue weighted by atomic mass is 16.5. The summed E-state index contributed by atoms with van der Waals surface area (Å²) in [5.74, 6) is 0.654. The van der Waals surface area contributed by atoms with Crippen molar-refractivity contribution in [3.05, 3.63) is 0 Å². The lowest BCUT2D eigenvalue weighted by Gasteiger charge is -2.33. The second-order valence-corrected chi connectivity index (χ2v) is 3.93. The van der Waals surface area contributed by atoms with E-state index in [2.05, 4.69) is 16.8 Å². The maximum absolute atomic E-state index is 5.89. The quantitative estimate of drug-likeness (QED) is 0.529. The van der Waals surface area contributed by atoms with Crippen molar-refractivity contribution >= 4 is 5.96 Å². The summed E-state index contributed by atoms with van der Waals surface area (Å²) in [6, 6.07) is 0.262. The number of morpholine rings is 1. The number of hydrogen-bond donors (Lipinski definition) is 1. The van der Waals surface area contributed by atoms with E-state index >= 15 is 0 Å². The van der Waals surface area contributed by atoms with E-state index < -0.39 is 0 Å². The van der Waals surface area contributed by atoms with E-state index in [9.17, 15) is 0 Å². The number of rotatable bonds is 2. The molecule has 82 valence electrons. The van der Waals surface area contributed by atoms with Crippen molar-refractivity contribution in [3.63, 3.8) is 0 Å². The number of hydrogen-bond acceptors (Lipinski definition) is 2. The van der Waals surface area contributed by atoms with Crippen molar-refractivity contribution in [2.75, 3.05) is 19.7 Å². The van der Waals surface area contributed by atoms with Gasteiger partial charge in [-0.25, -0.2) is 0 Å². The van der Waals surface area contributed by atoms with Crippen LogP contribution in [0.1, 0.15) is 27.2 Å². The monoisotopic (exact) mass is 199 g/mol. The molecular formula is C10H21N3O. The van der Waals surface area contributed by atoms with Crippen molar-refractivity contribution in [2.24, 2.45) is 10.7 Å². The molecule has 4 nitrogen and oxygen atoms in total. The summed E-state index contributed by atoms with van der Waals surface area (Å²) in [7, 11) is 0. The Morgan fingerprint density at radius 1 is 1.64 bits per heavy atom. The van der Waals surface area contributed by atoms with Gasteiger partial charge in [0.2, 0.25) is 0 Å². The van der Waals surface area contributed by atoms with Gasteiger partial charge in [0.25, 0.3) is 0 Å². The third-order valence-corrected chi connectivity index (χ3v) is 2.31. The Morgan fingerprint density at radius 3 is 2.93 bits per heavy atom. The first-order valence-corrected chi connectivity index (χ1v) is 5.33. The van der Waals surface area contributed by atoms with Crippen LogP contribution in [-0.2, 0) is 4.74 Å². The number of nitrogens with two attached hydrogens (primary N) is 1. The molecule has 4 heteroatoms. The Morgan fingerprint density at radius 2 is 2.36 bits per heavy atom. The minimum atomic E-state index is 0.262. The molecule has 1 fully saturated rings. The fourth-order valence-corrected chi connectivity index (χ4v) is 1.52. The minimum Gasteiger partial charge on any atom is -0.375 e. The number of ether oxygens (including phenoxy) is 1. The van der Waals surface area contributed by atoms with Crippen LogP contribution in [0.15, 0.2) is 4.99 Å². The first kappa shape index (κ1) is 11.3. The summed E-state index contributed by atoms with van der Waals surface area (Å²) in [6.45, 7) is 8.68. The van der Waals surface area contributed by atoms with Gasteiger partial charge in [0.05, 0.1) is 12.7 Å². The normalized spacial score (nSPS) is 24.4. The number of aliphatic imine (C=N–C) groups is 1. The van der Waals surface area contributed by atoms with Gasteiger partial charge in [-0.1, -0.05) is 6.92 Å². The van der Waals surface area contributed by atoms with E-state index in [1.54, 1.807) is 0 Å². The SMILES string of the molecule is CCC1CN(C(N)=NC(C)C)CCO1. The third-order valence-electron chi connectivity index (χ3n) is 2.31. The summed E-state index contributed by atoms with van der Waals surface area (Å²) in [4.78, 5) is 6.44. The van der Waals surface area contributed by atoms with Gasteiger partial charge in [-0.3, -0.25) is 4.99 Å². The van der Waals surface area contributed by atoms with Crippen molar-refractivity contribution in [1.29, 1.82) is 0 Å². The van der Waals surface area contributed by atoms with Gasteiger partial charge in [0.1, 0.15) is 0 Å². The third kappa shape index (κ3) is 3.18. The van der Waals surface area contributed by atoms with Crippen LogP contribution in [0.5, 0.6) is 0 Å². The van der Waals surface area contributed by atoms with Crippen LogP contribution in [0.25, 0.3) is 0 Å². The summed E-state index contributed by atoms with van der Waals surface area (Å²) >= 11 is 0. The average Bonchev–Trinajstić information content (AvgIpc) is 2.17. The lowest BCUT2D eigenvalue weighted by Crippen LogP contribution is -2.48. The molecule has 0 saturated carbocycles. The van der Waals surface area contributed by atoms with E-state index in [-0.39, 0.29) is 6.04 Å². The maximum Gasteiger partial charge on any atom is 0.191 e. The maximum atomic E-state index is 5.89. The largest absolute Gasteiger partial charge is 0.375 e. The highest BCUT2D eigenvalue weighted by Gasteiger charge is 2.20. The van der Waals surface area contributed by atoms with Gasteiger partial charge < -0.3 is 15.4 Å².